The summed E-state index contributed by atoms with van der Waals surface area (Å²) in [6.45, 7) is 1.14. The van der Waals surface area contributed by atoms with Crippen molar-refractivity contribution in [1.29, 1.82) is 0 Å². The zero-order valence-corrected chi connectivity index (χ0v) is 9.25. The van der Waals surface area contributed by atoms with Gasteiger partial charge in [-0.15, -0.1) is 0 Å². The van der Waals surface area contributed by atoms with E-state index >= 15 is 0 Å². The van der Waals surface area contributed by atoms with Crippen molar-refractivity contribution >= 4 is 0 Å². The second-order valence-corrected chi connectivity index (χ2v) is 3.78. The van der Waals surface area contributed by atoms with Gasteiger partial charge < -0.3 is 9.73 Å². The SMILES string of the molecule is Fc1cc(F)cc(CNCCc2ccco2)c1. The van der Waals surface area contributed by atoms with E-state index in [1.54, 1.807) is 6.26 Å². The summed E-state index contributed by atoms with van der Waals surface area (Å²) >= 11 is 0. The Balaban J connectivity index is 1.78. The predicted molar refractivity (Wildman–Crippen MR) is 60.5 cm³/mol. The Labute approximate surface area is 98.3 Å². The van der Waals surface area contributed by atoms with Gasteiger partial charge in [0, 0.05) is 25.6 Å². The second-order valence-electron chi connectivity index (χ2n) is 3.78. The molecule has 1 heterocycles. The molecule has 0 bridgehead atoms. The van der Waals surface area contributed by atoms with Crippen LogP contribution in [0.5, 0.6) is 0 Å². The molecule has 0 radical (unpaired) electrons. The Bertz CT molecular complexity index is 448. The fourth-order valence-electron chi connectivity index (χ4n) is 1.61. The topological polar surface area (TPSA) is 25.2 Å². The van der Waals surface area contributed by atoms with Gasteiger partial charge in [-0.3, -0.25) is 0 Å². The van der Waals surface area contributed by atoms with Gasteiger partial charge in [0.25, 0.3) is 0 Å². The molecule has 0 saturated carbocycles. The van der Waals surface area contributed by atoms with Crippen LogP contribution in [0.4, 0.5) is 8.78 Å². The third kappa shape index (κ3) is 3.67. The van der Waals surface area contributed by atoms with Gasteiger partial charge in [0.1, 0.15) is 17.4 Å². The lowest BCUT2D eigenvalue weighted by atomic mass is 10.2. The third-order valence-electron chi connectivity index (χ3n) is 2.38. The maximum Gasteiger partial charge on any atom is 0.126 e. The van der Waals surface area contributed by atoms with E-state index in [1.165, 1.54) is 12.1 Å². The maximum absolute atomic E-state index is 12.9. The molecule has 0 aliphatic rings. The summed E-state index contributed by atoms with van der Waals surface area (Å²) in [5, 5.41) is 3.10. The highest BCUT2D eigenvalue weighted by Crippen LogP contribution is 2.07. The summed E-state index contributed by atoms with van der Waals surface area (Å²) in [4.78, 5) is 0. The molecule has 1 aromatic carbocycles. The fraction of sp³-hybridized carbons (Fsp3) is 0.231. The van der Waals surface area contributed by atoms with Crippen LogP contribution in [0.2, 0.25) is 0 Å². The smallest absolute Gasteiger partial charge is 0.126 e. The van der Waals surface area contributed by atoms with Crippen molar-refractivity contribution in [3.8, 4) is 0 Å². The van der Waals surface area contributed by atoms with Crippen LogP contribution in [0.1, 0.15) is 11.3 Å². The lowest BCUT2D eigenvalue weighted by Gasteiger charge is -2.04. The molecule has 0 aliphatic heterocycles. The van der Waals surface area contributed by atoms with Crippen molar-refractivity contribution in [2.75, 3.05) is 6.54 Å². The molecule has 0 spiro atoms. The zero-order chi connectivity index (χ0) is 12.1. The van der Waals surface area contributed by atoms with Gasteiger partial charge in [-0.1, -0.05) is 0 Å². The van der Waals surface area contributed by atoms with Crippen LogP contribution in [0, 0.1) is 11.6 Å². The van der Waals surface area contributed by atoms with Crippen LogP contribution in [-0.2, 0) is 13.0 Å². The molecule has 1 aromatic heterocycles. The highest BCUT2D eigenvalue weighted by Gasteiger charge is 2.00. The van der Waals surface area contributed by atoms with Crippen molar-refractivity contribution in [2.24, 2.45) is 0 Å². The van der Waals surface area contributed by atoms with Gasteiger partial charge in [-0.05, 0) is 29.8 Å². The maximum atomic E-state index is 12.9. The molecule has 17 heavy (non-hydrogen) atoms. The van der Waals surface area contributed by atoms with Crippen molar-refractivity contribution in [3.05, 3.63) is 59.6 Å². The van der Waals surface area contributed by atoms with Gasteiger partial charge in [-0.2, -0.15) is 0 Å². The van der Waals surface area contributed by atoms with E-state index in [9.17, 15) is 8.78 Å². The first kappa shape index (κ1) is 11.8. The molecule has 0 saturated heterocycles. The molecular formula is C13H13F2NO. The van der Waals surface area contributed by atoms with Crippen molar-refractivity contribution in [1.82, 2.24) is 5.32 Å². The molecule has 0 aliphatic carbocycles. The first-order valence-electron chi connectivity index (χ1n) is 5.42. The first-order chi connectivity index (χ1) is 8.24. The number of benzene rings is 1. The minimum atomic E-state index is -0.548. The summed E-state index contributed by atoms with van der Waals surface area (Å²) in [6, 6.07) is 7.24. The van der Waals surface area contributed by atoms with Gasteiger partial charge in [0.15, 0.2) is 0 Å². The largest absolute Gasteiger partial charge is 0.469 e. The predicted octanol–water partition coefficient (Wildman–Crippen LogP) is 2.89. The van der Waals surface area contributed by atoms with Crippen LogP contribution in [0.15, 0.2) is 41.0 Å². The number of rotatable bonds is 5. The van der Waals surface area contributed by atoms with Crippen LogP contribution in [-0.4, -0.2) is 6.54 Å². The fourth-order valence-corrected chi connectivity index (χ4v) is 1.61. The third-order valence-corrected chi connectivity index (χ3v) is 2.38. The highest BCUT2D eigenvalue weighted by molar-refractivity contribution is 5.17. The van der Waals surface area contributed by atoms with Gasteiger partial charge >= 0.3 is 0 Å². The van der Waals surface area contributed by atoms with Gasteiger partial charge in [-0.25, -0.2) is 8.78 Å². The van der Waals surface area contributed by atoms with E-state index in [0.717, 1.165) is 18.2 Å². The number of hydrogen-bond donors (Lipinski definition) is 1. The minimum absolute atomic E-state index is 0.440. The number of nitrogens with one attached hydrogen (secondary N) is 1. The molecule has 0 amide bonds. The summed E-state index contributed by atoms with van der Waals surface area (Å²) < 4.78 is 30.9. The van der Waals surface area contributed by atoms with Gasteiger partial charge in [0.05, 0.1) is 6.26 Å². The van der Waals surface area contributed by atoms with Crippen molar-refractivity contribution < 1.29 is 13.2 Å². The van der Waals surface area contributed by atoms with Crippen LogP contribution in [0.3, 0.4) is 0 Å². The molecule has 4 heteroatoms. The molecule has 0 unspecified atom stereocenters. The summed E-state index contributed by atoms with van der Waals surface area (Å²) in [5.74, 6) is -0.205. The first-order valence-corrected chi connectivity index (χ1v) is 5.42. The molecule has 1 N–H and O–H groups in total. The van der Waals surface area contributed by atoms with E-state index in [0.29, 0.717) is 18.7 Å². The zero-order valence-electron chi connectivity index (χ0n) is 9.25. The lowest BCUT2D eigenvalue weighted by molar-refractivity contribution is 0.498. The highest BCUT2D eigenvalue weighted by atomic mass is 19.1. The number of furan rings is 1. The van der Waals surface area contributed by atoms with Gasteiger partial charge in [0.2, 0.25) is 0 Å². The van der Waals surface area contributed by atoms with Crippen molar-refractivity contribution in [2.45, 2.75) is 13.0 Å². The van der Waals surface area contributed by atoms with E-state index in [4.69, 9.17) is 4.42 Å². The number of hydrogen-bond acceptors (Lipinski definition) is 2. The van der Waals surface area contributed by atoms with Crippen LogP contribution < -0.4 is 5.32 Å². The van der Waals surface area contributed by atoms with Crippen molar-refractivity contribution in [3.63, 3.8) is 0 Å². The Morgan fingerprint density at radius 1 is 1.12 bits per heavy atom. The second kappa shape index (κ2) is 5.59. The molecule has 0 atom stereocenters. The summed E-state index contributed by atoms with van der Waals surface area (Å²) in [5.41, 5.74) is 0.599. The monoisotopic (exact) mass is 237 g/mol. The van der Waals surface area contributed by atoms with E-state index in [2.05, 4.69) is 5.32 Å². The molecule has 2 aromatic rings. The lowest BCUT2D eigenvalue weighted by Crippen LogP contribution is -2.16. The van der Waals surface area contributed by atoms with E-state index in [1.807, 2.05) is 12.1 Å². The summed E-state index contributed by atoms with van der Waals surface area (Å²) in [6.07, 6.45) is 2.38. The standard InChI is InChI=1S/C13H13F2NO/c14-11-6-10(7-12(15)8-11)9-16-4-3-13-2-1-5-17-13/h1-2,5-8,16H,3-4,9H2. The van der Waals surface area contributed by atoms with E-state index < -0.39 is 11.6 Å². The summed E-state index contributed by atoms with van der Waals surface area (Å²) in [7, 11) is 0. The quantitative estimate of drug-likeness (QED) is 0.809. The normalized spacial score (nSPS) is 10.7. The molecular weight excluding hydrogens is 224 g/mol. The average molecular weight is 237 g/mol. The Hall–Kier alpha value is -1.68. The Kier molecular flexibility index (Phi) is 3.88. The Morgan fingerprint density at radius 3 is 2.53 bits per heavy atom. The Morgan fingerprint density at radius 2 is 1.88 bits per heavy atom. The van der Waals surface area contributed by atoms with Crippen LogP contribution >= 0.6 is 0 Å². The van der Waals surface area contributed by atoms with E-state index in [-0.39, 0.29) is 0 Å². The van der Waals surface area contributed by atoms with Crippen LogP contribution in [0.25, 0.3) is 0 Å². The minimum Gasteiger partial charge on any atom is -0.469 e. The average Bonchev–Trinajstić information content (AvgIpc) is 2.76. The molecule has 0 fully saturated rings. The molecule has 2 nitrogen and oxygen atoms in total. The number of halogens is 2. The molecule has 2 rings (SSSR count). The molecule has 90 valence electrons.